The van der Waals surface area contributed by atoms with Gasteiger partial charge in [0.25, 0.3) is 0 Å². The van der Waals surface area contributed by atoms with E-state index in [9.17, 15) is 9.59 Å². The van der Waals surface area contributed by atoms with E-state index in [0.29, 0.717) is 0 Å². The summed E-state index contributed by atoms with van der Waals surface area (Å²) in [5, 5.41) is 8.67. The predicted molar refractivity (Wildman–Crippen MR) is 51.5 cm³/mol. The van der Waals surface area contributed by atoms with Crippen molar-refractivity contribution in [1.29, 1.82) is 0 Å². The molecule has 4 nitrogen and oxygen atoms in total. The highest BCUT2D eigenvalue weighted by atomic mass is 16.4. The minimum atomic E-state index is -1.12. The molecule has 0 aliphatic rings. The number of likely N-dealkylation sites (N-methyl/N-ethyl adjacent to an activating group) is 1. The lowest BCUT2D eigenvalue weighted by Gasteiger charge is -2.30. The van der Waals surface area contributed by atoms with Crippen LogP contribution in [0.1, 0.15) is 34.6 Å². The highest BCUT2D eigenvalue weighted by Crippen LogP contribution is 2.11. The predicted octanol–water partition coefficient (Wildman–Crippen LogP) is 1.35. The normalized spacial score (nSPS) is 9.69. The Bertz CT molecular complexity index is 187. The van der Waals surface area contributed by atoms with Gasteiger partial charge in [-0.25, -0.2) is 4.79 Å². The lowest BCUT2D eigenvalue weighted by Crippen LogP contribution is -2.49. The van der Waals surface area contributed by atoms with Crippen molar-refractivity contribution in [2.45, 2.75) is 40.2 Å². The third-order valence-corrected chi connectivity index (χ3v) is 1.83. The van der Waals surface area contributed by atoms with Crippen LogP contribution in [-0.4, -0.2) is 34.5 Å². The number of carbonyl (C=O) groups excluding carboxylic acids is 1. The molecule has 0 fully saturated rings. The van der Waals surface area contributed by atoms with E-state index in [4.69, 9.17) is 5.11 Å². The first kappa shape index (κ1) is 14.5. The maximum absolute atomic E-state index is 10.8. The summed E-state index contributed by atoms with van der Waals surface area (Å²) in [6.45, 7) is 8.30. The van der Waals surface area contributed by atoms with E-state index in [1.54, 1.807) is 0 Å². The molecule has 0 rings (SSSR count). The van der Waals surface area contributed by atoms with Gasteiger partial charge in [0, 0.05) is 14.0 Å². The highest BCUT2D eigenvalue weighted by Gasteiger charge is 2.33. The SMILES string of the molecule is CC.CC(=O)N(C)C(C)(C)C(=O)O. The molecule has 1 amide bonds. The summed E-state index contributed by atoms with van der Waals surface area (Å²) in [4.78, 5) is 22.5. The van der Waals surface area contributed by atoms with Crippen LogP contribution in [0.5, 0.6) is 0 Å². The highest BCUT2D eigenvalue weighted by molar-refractivity contribution is 5.84. The standard InChI is InChI=1S/C7H13NO3.C2H6/c1-5(9)8(4)7(2,3)6(10)11;1-2/h1-4H3,(H,10,11);1-2H3. The van der Waals surface area contributed by atoms with Crippen LogP contribution in [-0.2, 0) is 9.59 Å². The molecule has 0 radical (unpaired) electrons. The molecule has 0 saturated heterocycles. The minimum Gasteiger partial charge on any atom is -0.480 e. The zero-order valence-corrected chi connectivity index (χ0v) is 9.21. The average molecular weight is 189 g/mol. The fourth-order valence-corrected chi connectivity index (χ4v) is 0.537. The Hall–Kier alpha value is -1.06. The first-order valence-corrected chi connectivity index (χ1v) is 4.28. The summed E-state index contributed by atoms with van der Waals surface area (Å²) in [5.41, 5.74) is -1.12. The Morgan fingerprint density at radius 2 is 1.54 bits per heavy atom. The van der Waals surface area contributed by atoms with Gasteiger partial charge in [-0.3, -0.25) is 4.79 Å². The van der Waals surface area contributed by atoms with Crippen LogP contribution in [0.25, 0.3) is 0 Å². The van der Waals surface area contributed by atoms with Gasteiger partial charge in [-0.05, 0) is 13.8 Å². The molecule has 1 N–H and O–H groups in total. The van der Waals surface area contributed by atoms with Gasteiger partial charge < -0.3 is 10.0 Å². The van der Waals surface area contributed by atoms with Gasteiger partial charge in [-0.2, -0.15) is 0 Å². The van der Waals surface area contributed by atoms with E-state index in [-0.39, 0.29) is 5.91 Å². The third-order valence-electron chi connectivity index (χ3n) is 1.83. The van der Waals surface area contributed by atoms with E-state index in [1.165, 1.54) is 32.7 Å². The van der Waals surface area contributed by atoms with Crippen LogP contribution < -0.4 is 0 Å². The van der Waals surface area contributed by atoms with Crippen LogP contribution in [0.2, 0.25) is 0 Å². The van der Waals surface area contributed by atoms with Crippen LogP contribution >= 0.6 is 0 Å². The van der Waals surface area contributed by atoms with Crippen LogP contribution in [0.3, 0.4) is 0 Å². The summed E-state index contributed by atoms with van der Waals surface area (Å²) in [5.74, 6) is -1.26. The Morgan fingerprint density at radius 3 is 1.62 bits per heavy atom. The summed E-state index contributed by atoms with van der Waals surface area (Å²) < 4.78 is 0. The van der Waals surface area contributed by atoms with Crippen molar-refractivity contribution in [3.8, 4) is 0 Å². The van der Waals surface area contributed by atoms with Gasteiger partial charge in [0.15, 0.2) is 0 Å². The maximum Gasteiger partial charge on any atom is 0.329 e. The van der Waals surface area contributed by atoms with E-state index in [0.717, 1.165) is 0 Å². The van der Waals surface area contributed by atoms with E-state index >= 15 is 0 Å². The second kappa shape index (κ2) is 5.56. The van der Waals surface area contributed by atoms with Crippen LogP contribution in [0, 0.1) is 0 Å². The van der Waals surface area contributed by atoms with Crippen molar-refractivity contribution < 1.29 is 14.7 Å². The molecule has 0 heterocycles. The second-order valence-electron chi connectivity index (χ2n) is 2.94. The molecule has 0 spiro atoms. The third kappa shape index (κ3) is 3.92. The first-order valence-electron chi connectivity index (χ1n) is 4.28. The zero-order chi connectivity index (χ0) is 11.2. The number of hydrogen-bond acceptors (Lipinski definition) is 2. The summed E-state index contributed by atoms with van der Waals surface area (Å²) in [6.07, 6.45) is 0. The van der Waals surface area contributed by atoms with Crippen LogP contribution in [0.15, 0.2) is 0 Å². The fraction of sp³-hybridized carbons (Fsp3) is 0.778. The van der Waals surface area contributed by atoms with Crippen molar-refractivity contribution in [1.82, 2.24) is 4.90 Å². The van der Waals surface area contributed by atoms with Gasteiger partial charge in [0.2, 0.25) is 5.91 Å². The number of rotatable bonds is 2. The van der Waals surface area contributed by atoms with Gasteiger partial charge in [-0.1, -0.05) is 13.8 Å². The topological polar surface area (TPSA) is 57.6 Å². The average Bonchev–Trinajstić information content (AvgIpc) is 2.06. The second-order valence-corrected chi connectivity index (χ2v) is 2.94. The Balaban J connectivity index is 0. The number of carboxylic acid groups (broad SMARTS) is 1. The molecule has 0 unspecified atom stereocenters. The Kier molecular flexibility index (Phi) is 6.19. The number of carboxylic acids is 1. The molecule has 78 valence electrons. The quantitative estimate of drug-likeness (QED) is 0.713. The number of nitrogens with zero attached hydrogens (tertiary/aromatic N) is 1. The molecular weight excluding hydrogens is 170 g/mol. The minimum absolute atomic E-state index is 0.252. The molecule has 0 aliphatic carbocycles. The number of aliphatic carboxylic acids is 1. The summed E-state index contributed by atoms with van der Waals surface area (Å²) in [7, 11) is 1.47. The molecule has 13 heavy (non-hydrogen) atoms. The lowest BCUT2D eigenvalue weighted by molar-refractivity contribution is -0.154. The van der Waals surface area contributed by atoms with E-state index in [1.807, 2.05) is 13.8 Å². The van der Waals surface area contributed by atoms with Crippen molar-refractivity contribution in [2.24, 2.45) is 0 Å². The smallest absolute Gasteiger partial charge is 0.329 e. The molecule has 0 atom stereocenters. The lowest BCUT2D eigenvalue weighted by atomic mass is 10.0. The van der Waals surface area contributed by atoms with Crippen LogP contribution in [0.4, 0.5) is 0 Å². The molecule has 4 heteroatoms. The first-order chi connectivity index (χ1) is 5.80. The Morgan fingerprint density at radius 1 is 1.23 bits per heavy atom. The van der Waals surface area contributed by atoms with E-state index in [2.05, 4.69) is 0 Å². The van der Waals surface area contributed by atoms with Gasteiger partial charge >= 0.3 is 5.97 Å². The molecule has 0 aliphatic heterocycles. The Labute approximate surface area is 79.5 Å². The van der Waals surface area contributed by atoms with Crippen molar-refractivity contribution >= 4 is 11.9 Å². The van der Waals surface area contributed by atoms with Gasteiger partial charge in [0.05, 0.1) is 0 Å². The van der Waals surface area contributed by atoms with Crippen molar-refractivity contribution in [2.75, 3.05) is 7.05 Å². The maximum atomic E-state index is 10.8. The zero-order valence-electron chi connectivity index (χ0n) is 9.21. The monoisotopic (exact) mass is 189 g/mol. The number of carbonyl (C=O) groups is 2. The molecule has 0 saturated carbocycles. The molecule has 0 aromatic rings. The summed E-state index contributed by atoms with van der Waals surface area (Å²) >= 11 is 0. The van der Waals surface area contributed by atoms with Gasteiger partial charge in [-0.15, -0.1) is 0 Å². The van der Waals surface area contributed by atoms with Crippen molar-refractivity contribution in [3.63, 3.8) is 0 Å². The molecule has 0 aromatic heterocycles. The van der Waals surface area contributed by atoms with Crippen molar-refractivity contribution in [3.05, 3.63) is 0 Å². The molecular formula is C9H19NO3. The van der Waals surface area contributed by atoms with E-state index < -0.39 is 11.5 Å². The largest absolute Gasteiger partial charge is 0.480 e. The molecule has 0 bridgehead atoms. The fourth-order valence-electron chi connectivity index (χ4n) is 0.537. The number of amides is 1. The van der Waals surface area contributed by atoms with Gasteiger partial charge in [0.1, 0.15) is 5.54 Å². The number of hydrogen-bond donors (Lipinski definition) is 1. The summed E-state index contributed by atoms with van der Waals surface area (Å²) in [6, 6.07) is 0. The molecule has 0 aromatic carbocycles.